The van der Waals surface area contributed by atoms with E-state index in [1.807, 2.05) is 12.4 Å². The molecule has 0 fully saturated rings. The van der Waals surface area contributed by atoms with Gasteiger partial charge in [-0.2, -0.15) is 0 Å². The van der Waals surface area contributed by atoms with Crippen LogP contribution in [0.3, 0.4) is 0 Å². The van der Waals surface area contributed by atoms with Crippen LogP contribution in [0.25, 0.3) is 82.4 Å². The van der Waals surface area contributed by atoms with E-state index in [0.29, 0.717) is 52.9 Å². The molecule has 354 valence electrons. The molecule has 0 saturated heterocycles. The Morgan fingerprint density at radius 2 is 0.614 bits per heavy atom. The molecular weight excluding hydrogens is 997 g/mol. The zero-order valence-corrected chi connectivity index (χ0v) is 43.9. The number of nitrogens with zero attached hydrogens (tertiary/aromatic N) is 2. The number of fused-ring (bicyclic) bond motifs is 4. The molecule has 16 heteroatoms. The number of aryl methyl sites for hydroxylation is 2. The van der Waals surface area contributed by atoms with Gasteiger partial charge in [-0.15, -0.1) is 68.0 Å². The molecule has 0 radical (unpaired) electrons. The second-order valence-electron chi connectivity index (χ2n) is 17.4. The topological polar surface area (TPSA) is 99.6 Å². The summed E-state index contributed by atoms with van der Waals surface area (Å²) in [7, 11) is 0. The van der Waals surface area contributed by atoms with Crippen molar-refractivity contribution in [2.24, 2.45) is 0 Å². The Morgan fingerprint density at radius 1 is 0.314 bits per heavy atom. The van der Waals surface area contributed by atoms with Gasteiger partial charge in [-0.05, 0) is 94.1 Å². The first-order valence-electron chi connectivity index (χ1n) is 23.1. The van der Waals surface area contributed by atoms with E-state index in [9.17, 15) is 0 Å². The van der Waals surface area contributed by atoms with Crippen LogP contribution < -0.4 is 37.9 Å². The second kappa shape index (κ2) is 17.5. The zero-order valence-electron chi connectivity index (χ0n) is 39.0. The highest BCUT2D eigenvalue weighted by molar-refractivity contribution is 7.29. The number of hydrogen-bond donors (Lipinski definition) is 0. The third-order valence-electron chi connectivity index (χ3n) is 13.2. The summed E-state index contributed by atoms with van der Waals surface area (Å²) in [4.78, 5) is 23.5. The molecule has 70 heavy (non-hydrogen) atoms. The lowest BCUT2D eigenvalue weighted by molar-refractivity contribution is 0.173. The number of pyridine rings is 2. The van der Waals surface area contributed by atoms with Crippen molar-refractivity contribution in [1.82, 2.24) is 9.97 Å². The Balaban J connectivity index is 0.777. The van der Waals surface area contributed by atoms with Gasteiger partial charge in [-0.1, -0.05) is 18.2 Å². The zero-order chi connectivity index (χ0) is 47.4. The predicted molar refractivity (Wildman–Crippen MR) is 285 cm³/mol. The maximum Gasteiger partial charge on any atom is 0.181 e. The predicted octanol–water partition coefficient (Wildman–Crippen LogP) is 15.1. The summed E-state index contributed by atoms with van der Waals surface area (Å²) in [5, 5.41) is 0. The molecule has 0 unspecified atom stereocenters. The van der Waals surface area contributed by atoms with Crippen molar-refractivity contribution in [3.8, 4) is 128 Å². The van der Waals surface area contributed by atoms with Gasteiger partial charge >= 0.3 is 0 Å². The van der Waals surface area contributed by atoms with Crippen molar-refractivity contribution >= 4 is 68.0 Å². The van der Waals surface area contributed by atoms with Crippen molar-refractivity contribution in [3.63, 3.8) is 0 Å². The van der Waals surface area contributed by atoms with E-state index >= 15 is 0 Å². The number of hydrogen-bond acceptors (Lipinski definition) is 16. The molecule has 10 nitrogen and oxygen atoms in total. The SMILES string of the molecule is Cc1sc(-c2sc(-c3sc(-c4ccc(-c5cccc(-c6ccc(-c7sc(-c8sc(-c9sc(C)c%10c9OCCO%10)c(C)c8C)c8c7OCCO8)cn6)c5)nc4)c4c3OCCO4)c(C)c2C)c2c1OCCO2. The Kier molecular flexibility index (Phi) is 11.0. The lowest BCUT2D eigenvalue weighted by atomic mass is 10.0. The molecule has 13 rings (SSSR count). The van der Waals surface area contributed by atoms with Gasteiger partial charge in [0, 0.05) is 44.4 Å². The van der Waals surface area contributed by atoms with Crippen LogP contribution in [0.15, 0.2) is 60.9 Å². The van der Waals surface area contributed by atoms with Gasteiger partial charge in [0.25, 0.3) is 0 Å². The molecule has 12 heterocycles. The standard InChI is InChI=1S/C54H44N2O8S6/c1-25-27(3)47(67-45(25)51-39-37(29(5)65-51)57-14-16-59-39)53-43-41(61-18-20-63-43)49(69-53)33-10-12-35(55-23-33)31-8-7-9-32(22-31)36-13-11-34(24-56-36)50-42-44(64-21-19-62-42)54(70-50)48-28(4)26(2)46(68-48)52-40-38(30(6)66-52)58-15-17-60-40/h7-13,22-24H,14-21H2,1-6H3. The van der Waals surface area contributed by atoms with E-state index in [-0.39, 0.29) is 0 Å². The molecule has 0 spiro atoms. The normalized spacial score (nSPS) is 14.6. The fourth-order valence-corrected chi connectivity index (χ4v) is 17.2. The number of aromatic nitrogens is 2. The van der Waals surface area contributed by atoms with Gasteiger partial charge in [0.1, 0.15) is 52.9 Å². The van der Waals surface area contributed by atoms with Crippen molar-refractivity contribution in [3.05, 3.63) is 92.9 Å². The van der Waals surface area contributed by atoms with Crippen molar-refractivity contribution in [1.29, 1.82) is 0 Å². The molecule has 0 aliphatic carbocycles. The minimum Gasteiger partial charge on any atom is -0.485 e. The van der Waals surface area contributed by atoms with E-state index < -0.39 is 0 Å². The van der Waals surface area contributed by atoms with Crippen molar-refractivity contribution in [2.45, 2.75) is 41.5 Å². The van der Waals surface area contributed by atoms with E-state index in [4.69, 9.17) is 47.9 Å². The molecule has 4 aliphatic heterocycles. The van der Waals surface area contributed by atoms with E-state index in [0.717, 1.165) is 119 Å². The summed E-state index contributed by atoms with van der Waals surface area (Å²) in [6, 6.07) is 16.8. The van der Waals surface area contributed by atoms with Crippen LogP contribution in [-0.4, -0.2) is 62.8 Å². The number of benzene rings is 1. The van der Waals surface area contributed by atoms with E-state index in [2.05, 4.69) is 90.1 Å². The van der Waals surface area contributed by atoms with Crippen LogP contribution in [-0.2, 0) is 0 Å². The summed E-state index contributed by atoms with van der Waals surface area (Å²) >= 11 is 10.4. The molecule has 8 aromatic heterocycles. The first-order chi connectivity index (χ1) is 34.2. The summed E-state index contributed by atoms with van der Waals surface area (Å²) in [5.74, 6) is 6.64. The molecule has 0 N–H and O–H groups in total. The first kappa shape index (κ1) is 44.1. The smallest absolute Gasteiger partial charge is 0.181 e. The Bertz CT molecular complexity index is 3310. The molecule has 1 aromatic carbocycles. The highest BCUT2D eigenvalue weighted by Gasteiger charge is 2.34. The summed E-state index contributed by atoms with van der Waals surface area (Å²) in [6.07, 6.45) is 3.89. The average Bonchev–Trinajstić information content (AvgIpc) is 4.25. The van der Waals surface area contributed by atoms with Crippen LogP contribution in [0.2, 0.25) is 0 Å². The van der Waals surface area contributed by atoms with Crippen LogP contribution in [0.1, 0.15) is 32.0 Å². The molecule has 4 aliphatic rings. The van der Waals surface area contributed by atoms with Gasteiger partial charge in [-0.25, -0.2) is 0 Å². The Morgan fingerprint density at radius 3 is 0.957 bits per heavy atom. The second-order valence-corrected chi connectivity index (χ2v) is 23.9. The van der Waals surface area contributed by atoms with Gasteiger partial charge in [0.15, 0.2) is 46.0 Å². The minimum absolute atomic E-state index is 0.494. The first-order valence-corrected chi connectivity index (χ1v) is 28.0. The fraction of sp³-hybridized carbons (Fsp3) is 0.259. The number of thiophene rings is 6. The van der Waals surface area contributed by atoms with Crippen LogP contribution in [0, 0.1) is 41.5 Å². The quantitative estimate of drug-likeness (QED) is 0.146. The van der Waals surface area contributed by atoms with Gasteiger partial charge in [0.2, 0.25) is 0 Å². The van der Waals surface area contributed by atoms with Gasteiger partial charge in [-0.3, -0.25) is 9.97 Å². The molecule has 0 amide bonds. The molecule has 0 bridgehead atoms. The monoisotopic (exact) mass is 1040 g/mol. The third-order valence-corrected chi connectivity index (χ3v) is 21.1. The lowest BCUT2D eigenvalue weighted by Crippen LogP contribution is -2.14. The van der Waals surface area contributed by atoms with Crippen molar-refractivity contribution in [2.75, 3.05) is 52.9 Å². The highest BCUT2D eigenvalue weighted by atomic mass is 32.1. The maximum atomic E-state index is 6.38. The maximum absolute atomic E-state index is 6.38. The van der Waals surface area contributed by atoms with Crippen molar-refractivity contribution < 1.29 is 37.9 Å². The van der Waals surface area contributed by atoms with Crippen LogP contribution in [0.5, 0.6) is 46.0 Å². The fourth-order valence-electron chi connectivity index (χ4n) is 9.36. The third kappa shape index (κ3) is 7.15. The molecule has 9 aromatic rings. The van der Waals surface area contributed by atoms with Crippen LogP contribution >= 0.6 is 68.0 Å². The molecule has 0 saturated carbocycles. The average molecular weight is 1040 g/mol. The van der Waals surface area contributed by atoms with Crippen LogP contribution in [0.4, 0.5) is 0 Å². The Hall–Kier alpha value is -5.88. The Labute approximate surface area is 428 Å². The largest absolute Gasteiger partial charge is 0.485 e. The van der Waals surface area contributed by atoms with E-state index in [1.165, 1.54) is 41.8 Å². The minimum atomic E-state index is 0.494. The van der Waals surface area contributed by atoms with E-state index in [1.54, 1.807) is 68.0 Å². The molecule has 0 atom stereocenters. The summed E-state index contributed by atoms with van der Waals surface area (Å²) in [6.45, 7) is 17.2. The lowest BCUT2D eigenvalue weighted by Gasteiger charge is -2.17. The number of ether oxygens (including phenoxy) is 8. The summed E-state index contributed by atoms with van der Waals surface area (Å²) in [5.41, 5.74) is 10.6. The van der Waals surface area contributed by atoms with Gasteiger partial charge in [0.05, 0.1) is 60.2 Å². The molecular formula is C54H44N2O8S6. The number of rotatable bonds is 8. The summed E-state index contributed by atoms with van der Waals surface area (Å²) < 4.78 is 49.8. The highest BCUT2D eigenvalue weighted by Crippen LogP contribution is 2.61. The van der Waals surface area contributed by atoms with Gasteiger partial charge < -0.3 is 37.9 Å².